The number of rotatable bonds is 3. The molecule has 2 aromatic carbocycles. The van der Waals surface area contributed by atoms with Gasteiger partial charge in [-0.15, -0.1) is 53.6 Å². The summed E-state index contributed by atoms with van der Waals surface area (Å²) in [7, 11) is 0. The van der Waals surface area contributed by atoms with Crippen molar-refractivity contribution in [1.82, 2.24) is 15.0 Å². The Bertz CT molecular complexity index is 2170. The minimum Gasteiger partial charge on any atom is -0.486 e. The van der Waals surface area contributed by atoms with Crippen LogP contribution in [0.1, 0.15) is 63.8 Å². The molecule has 0 bridgehead atoms. The van der Waals surface area contributed by atoms with Crippen LogP contribution in [-0.4, -0.2) is 15.0 Å². The summed E-state index contributed by atoms with van der Waals surface area (Å²) in [5.74, 6) is -3.22. The minimum atomic E-state index is -3.37. The van der Waals surface area contributed by atoms with Gasteiger partial charge in [0.05, 0.1) is 5.58 Å². The number of furan rings is 1. The van der Waals surface area contributed by atoms with E-state index >= 15 is 0 Å². The van der Waals surface area contributed by atoms with E-state index in [2.05, 4.69) is 27.1 Å². The van der Waals surface area contributed by atoms with E-state index in [0.29, 0.717) is 33.3 Å². The van der Waals surface area contributed by atoms with E-state index in [1.54, 1.807) is 42.6 Å². The Labute approximate surface area is 260 Å². The summed E-state index contributed by atoms with van der Waals surface area (Å²) in [5, 5.41) is 1.38. The molecule has 6 rings (SSSR count). The molecule has 1 radical (unpaired) electrons. The molecule has 0 saturated carbocycles. The third-order valence-electron chi connectivity index (χ3n) is 5.49. The molecule has 4 aromatic heterocycles. The van der Waals surface area contributed by atoms with Crippen molar-refractivity contribution in [3.05, 3.63) is 114 Å². The van der Waals surface area contributed by atoms with Crippen LogP contribution >= 0.6 is 0 Å². The summed E-state index contributed by atoms with van der Waals surface area (Å²) >= 11 is 0. The van der Waals surface area contributed by atoms with Crippen LogP contribution in [-0.2, 0) is 20.1 Å². The number of aryl methyl sites for hydroxylation is 3. The van der Waals surface area contributed by atoms with Gasteiger partial charge in [-0.2, -0.15) is 0 Å². The van der Waals surface area contributed by atoms with Crippen molar-refractivity contribution in [2.45, 2.75) is 40.2 Å². The molecule has 0 aliphatic carbocycles. The van der Waals surface area contributed by atoms with Gasteiger partial charge >= 0.3 is 0 Å². The number of pyridine rings is 3. The van der Waals surface area contributed by atoms with Crippen LogP contribution < -0.4 is 0 Å². The van der Waals surface area contributed by atoms with E-state index in [0.717, 1.165) is 12.3 Å². The zero-order valence-electron chi connectivity index (χ0n) is 35.6. The molecular weight excluding hydrogens is 647 g/mol. The van der Waals surface area contributed by atoms with Crippen molar-refractivity contribution in [1.29, 1.82) is 0 Å². The van der Waals surface area contributed by atoms with Gasteiger partial charge in [-0.05, 0) is 59.8 Å². The zero-order valence-corrected chi connectivity index (χ0v) is 22.0. The Kier molecular flexibility index (Phi) is 4.17. The number of benzene rings is 2. The molecule has 0 amide bonds. The Morgan fingerprint density at radius 1 is 0.868 bits per heavy atom. The van der Waals surface area contributed by atoms with Crippen LogP contribution in [0.4, 0.5) is 0 Å². The molecule has 0 aliphatic rings. The van der Waals surface area contributed by atoms with E-state index in [-0.39, 0.29) is 42.5 Å². The number of hydrogen-bond donors (Lipinski definition) is 0. The second-order valence-electron chi connectivity index (χ2n) is 7.97. The molecule has 0 atom stereocenters. The number of nitrogens with zero attached hydrogens (tertiary/aromatic N) is 3. The van der Waals surface area contributed by atoms with Crippen molar-refractivity contribution in [2.75, 3.05) is 0 Å². The van der Waals surface area contributed by atoms with Crippen molar-refractivity contribution in [2.24, 2.45) is 0 Å². The van der Waals surface area contributed by atoms with Crippen LogP contribution in [0.15, 0.2) is 83.7 Å². The summed E-state index contributed by atoms with van der Waals surface area (Å²) in [4.78, 5) is 12.4. The Hall–Kier alpha value is -3.66. The predicted octanol–water partition coefficient (Wildman–Crippen LogP) is 8.44. The maximum Gasteiger partial charge on any atom is 0.216 e. The van der Waals surface area contributed by atoms with Gasteiger partial charge in [-0.25, -0.2) is 4.98 Å². The largest absolute Gasteiger partial charge is 0.486 e. The molecule has 6 aromatic rings. The van der Waals surface area contributed by atoms with Crippen molar-refractivity contribution < 1.29 is 46.5 Å². The SMILES string of the molecule is [2H]C([2H])([2H])c1c[c-]c(-c2ccc(C([2H])([2H])[2H])cn2)cc1.[2H]C([2H])([2H])c1cnc(-c2[c-]ccc3c2oc2ncccc23)cc1C([2H])(C([2H])([2H])[2H])C([2H])([2H])[2H].[Ir]. The first kappa shape index (κ1) is 13.4. The molecular formula is C33H29IrN3O-2. The summed E-state index contributed by atoms with van der Waals surface area (Å²) in [5.41, 5.74) is 1.18. The van der Waals surface area contributed by atoms with Gasteiger partial charge in [0, 0.05) is 66.0 Å². The zero-order chi connectivity index (χ0) is 39.4. The molecule has 4 heterocycles. The Morgan fingerprint density at radius 2 is 1.74 bits per heavy atom. The van der Waals surface area contributed by atoms with Crippen LogP contribution in [0.2, 0.25) is 0 Å². The van der Waals surface area contributed by atoms with Crippen molar-refractivity contribution in [3.8, 4) is 22.5 Å². The maximum atomic E-state index is 8.55. The maximum absolute atomic E-state index is 8.55. The van der Waals surface area contributed by atoms with Gasteiger partial charge in [-0.1, -0.05) is 49.7 Å². The number of fused-ring (bicyclic) bond motifs is 3. The van der Waals surface area contributed by atoms with Gasteiger partial charge in [-0.3, -0.25) is 0 Å². The minimum absolute atomic E-state index is 0. The first-order chi connectivity index (χ1) is 24.3. The second kappa shape index (κ2) is 11.8. The molecule has 0 unspecified atom stereocenters. The van der Waals surface area contributed by atoms with Gasteiger partial charge in [0.25, 0.3) is 0 Å². The monoisotopic (exact) mass is 692 g/mol. The number of hydrogen-bond acceptors (Lipinski definition) is 4. The molecule has 4 nitrogen and oxygen atoms in total. The van der Waals surface area contributed by atoms with Crippen LogP contribution in [0.3, 0.4) is 0 Å². The molecule has 0 aliphatic heterocycles. The van der Waals surface area contributed by atoms with Gasteiger partial charge < -0.3 is 14.4 Å². The summed E-state index contributed by atoms with van der Waals surface area (Å²) in [6.45, 7) is -14.0. The molecule has 0 N–H and O–H groups in total. The van der Waals surface area contributed by atoms with Gasteiger partial charge in [0.1, 0.15) is 0 Å². The van der Waals surface area contributed by atoms with E-state index in [4.69, 9.17) is 26.3 Å². The molecule has 5 heteroatoms. The Balaban J connectivity index is 0.000000266. The van der Waals surface area contributed by atoms with Gasteiger partial charge in [0.2, 0.25) is 5.71 Å². The topological polar surface area (TPSA) is 51.8 Å². The molecule has 0 spiro atoms. The van der Waals surface area contributed by atoms with Crippen LogP contribution in [0.25, 0.3) is 44.6 Å². The fourth-order valence-corrected chi connectivity index (χ4v) is 3.70. The van der Waals surface area contributed by atoms with E-state index < -0.39 is 51.3 Å². The average Bonchev–Trinajstić information content (AvgIpc) is 3.45. The van der Waals surface area contributed by atoms with E-state index in [9.17, 15) is 0 Å². The third-order valence-corrected chi connectivity index (χ3v) is 5.49. The van der Waals surface area contributed by atoms with Gasteiger partial charge in [0.15, 0.2) is 0 Å². The first-order valence-electron chi connectivity index (χ1n) is 19.0. The van der Waals surface area contributed by atoms with Crippen molar-refractivity contribution in [3.63, 3.8) is 0 Å². The third kappa shape index (κ3) is 5.75. The molecule has 193 valence electrons. The second-order valence-corrected chi connectivity index (χ2v) is 7.97. The molecule has 38 heavy (non-hydrogen) atoms. The van der Waals surface area contributed by atoms with E-state index in [1.807, 2.05) is 0 Å². The van der Waals surface area contributed by atoms with Crippen LogP contribution in [0, 0.1) is 32.7 Å². The van der Waals surface area contributed by atoms with E-state index in [1.165, 1.54) is 24.4 Å². The molecule has 0 saturated heterocycles. The smallest absolute Gasteiger partial charge is 0.216 e. The fourth-order valence-electron chi connectivity index (χ4n) is 3.70. The Morgan fingerprint density at radius 3 is 2.47 bits per heavy atom. The summed E-state index contributed by atoms with van der Waals surface area (Å²) < 4.78 is 128. The fraction of sp³-hybridized carbons (Fsp3) is 0.182. The quantitative estimate of drug-likeness (QED) is 0.175. The normalized spacial score (nSPS) is 18.9. The first-order valence-corrected chi connectivity index (χ1v) is 11.0. The standard InChI is InChI=1S/C20H17N2O.C13H12N.Ir/c1-12(2)17-10-18(22-11-13(17)3)16-7-4-6-14-15-8-5-9-21-20(15)23-19(14)16;1-10-3-6-12(7-4-10)13-8-5-11(2)9-14-13;/h4-6,8-12H,1-3H3;3-6,8-9H,1-2H3;/q2*-1;/i1D3,2D3,3D3,12D;1D3,2D3;. The van der Waals surface area contributed by atoms with Crippen LogP contribution in [0.5, 0.6) is 0 Å². The molecule has 0 fully saturated rings. The number of aromatic nitrogens is 3. The average molecular weight is 692 g/mol. The van der Waals surface area contributed by atoms with Crippen molar-refractivity contribution >= 4 is 22.1 Å². The predicted molar refractivity (Wildman–Crippen MR) is 150 cm³/mol. The summed E-state index contributed by atoms with van der Waals surface area (Å²) in [6.07, 6.45) is 3.75. The summed E-state index contributed by atoms with van der Waals surface area (Å²) in [6, 6.07) is 21.3.